The third kappa shape index (κ3) is 5.74. The Morgan fingerprint density at radius 1 is 1.24 bits per heavy atom. The van der Waals surface area contributed by atoms with Gasteiger partial charge in [0.1, 0.15) is 5.75 Å². The Morgan fingerprint density at radius 2 is 1.88 bits per heavy atom. The number of nitrogens with zero attached hydrogens (tertiary/aromatic N) is 2. The van der Waals surface area contributed by atoms with E-state index in [1.165, 1.54) is 0 Å². The number of ether oxygens (including phenoxy) is 1. The number of piperidine rings is 1. The van der Waals surface area contributed by atoms with Crippen LogP contribution in [-0.4, -0.2) is 68.0 Å². The van der Waals surface area contributed by atoms with Gasteiger partial charge in [0.15, 0.2) is 0 Å². The van der Waals surface area contributed by atoms with Crippen LogP contribution in [0.1, 0.15) is 25.3 Å². The minimum Gasteiger partial charge on any atom is -0.494 e. The summed E-state index contributed by atoms with van der Waals surface area (Å²) in [5.74, 6) is 1.02. The summed E-state index contributed by atoms with van der Waals surface area (Å²) >= 11 is 0. The maximum Gasteiger partial charge on any atom is 0.233 e. The van der Waals surface area contributed by atoms with Gasteiger partial charge < -0.3 is 15.0 Å². The van der Waals surface area contributed by atoms with Crippen LogP contribution in [0.3, 0.4) is 0 Å². The fraction of sp³-hybridized carbons (Fsp3) is 0.579. The van der Waals surface area contributed by atoms with Crippen LogP contribution in [0.15, 0.2) is 24.3 Å². The Labute approximate surface area is 150 Å². The van der Waals surface area contributed by atoms with E-state index in [9.17, 15) is 9.59 Å². The number of rotatable bonds is 7. The van der Waals surface area contributed by atoms with Crippen molar-refractivity contribution in [2.75, 3.05) is 40.3 Å². The van der Waals surface area contributed by atoms with Crippen molar-refractivity contribution < 1.29 is 14.3 Å². The monoisotopic (exact) mass is 347 g/mol. The van der Waals surface area contributed by atoms with Gasteiger partial charge in [0, 0.05) is 26.2 Å². The number of likely N-dealkylation sites (tertiary alicyclic amines) is 1. The number of benzene rings is 1. The maximum absolute atomic E-state index is 12.5. The third-order valence-electron chi connectivity index (χ3n) is 4.70. The van der Waals surface area contributed by atoms with Crippen LogP contribution in [-0.2, 0) is 16.0 Å². The van der Waals surface area contributed by atoms with Crippen molar-refractivity contribution in [1.29, 1.82) is 0 Å². The normalized spacial score (nSPS) is 15.3. The lowest BCUT2D eigenvalue weighted by molar-refractivity contribution is -0.132. The van der Waals surface area contributed by atoms with Gasteiger partial charge in [0.2, 0.25) is 11.8 Å². The molecule has 0 radical (unpaired) electrons. The standard InChI is InChI=1S/C19H29N3O3/c1-4-25-17-7-5-15(6-8-17)13-19(24)22-11-9-16(10-12-22)21(3)14-18(23)20-2/h5-8,16H,4,9-14H2,1-3H3,(H,20,23). The van der Waals surface area contributed by atoms with Gasteiger partial charge in [0.05, 0.1) is 19.6 Å². The van der Waals surface area contributed by atoms with Crippen LogP contribution in [0.25, 0.3) is 0 Å². The molecule has 25 heavy (non-hydrogen) atoms. The van der Waals surface area contributed by atoms with Gasteiger partial charge in [-0.1, -0.05) is 12.1 Å². The zero-order valence-electron chi connectivity index (χ0n) is 15.5. The van der Waals surface area contributed by atoms with Crippen molar-refractivity contribution >= 4 is 11.8 Å². The highest BCUT2D eigenvalue weighted by Crippen LogP contribution is 2.17. The van der Waals surface area contributed by atoms with E-state index >= 15 is 0 Å². The molecule has 0 spiro atoms. The second-order valence-electron chi connectivity index (χ2n) is 6.45. The summed E-state index contributed by atoms with van der Waals surface area (Å²) in [5.41, 5.74) is 1.01. The van der Waals surface area contributed by atoms with Crippen LogP contribution in [0.4, 0.5) is 0 Å². The molecule has 1 fully saturated rings. The molecule has 0 bridgehead atoms. The first-order valence-corrected chi connectivity index (χ1v) is 8.93. The second-order valence-corrected chi connectivity index (χ2v) is 6.45. The van der Waals surface area contributed by atoms with Crippen molar-refractivity contribution in [1.82, 2.24) is 15.1 Å². The summed E-state index contributed by atoms with van der Waals surface area (Å²) < 4.78 is 5.42. The van der Waals surface area contributed by atoms with Crippen LogP contribution in [0.5, 0.6) is 5.75 Å². The molecule has 1 saturated heterocycles. The van der Waals surface area contributed by atoms with Gasteiger partial charge >= 0.3 is 0 Å². The van der Waals surface area contributed by atoms with Gasteiger partial charge in [-0.25, -0.2) is 0 Å². The molecule has 138 valence electrons. The van der Waals surface area contributed by atoms with Gasteiger partial charge in [-0.2, -0.15) is 0 Å². The molecule has 0 atom stereocenters. The molecule has 1 aromatic carbocycles. The molecule has 0 saturated carbocycles. The minimum absolute atomic E-state index is 0.0245. The summed E-state index contributed by atoms with van der Waals surface area (Å²) in [6.07, 6.45) is 2.23. The van der Waals surface area contributed by atoms with Gasteiger partial charge in [-0.15, -0.1) is 0 Å². The molecule has 6 nitrogen and oxygen atoms in total. The van der Waals surface area contributed by atoms with Crippen molar-refractivity contribution in [2.45, 2.75) is 32.2 Å². The SMILES string of the molecule is CCOc1ccc(CC(=O)N2CCC(N(C)CC(=O)NC)CC2)cc1. The molecule has 1 heterocycles. The van der Waals surface area contributed by atoms with Crippen LogP contribution >= 0.6 is 0 Å². The second kappa shape index (κ2) is 9.42. The molecular weight excluding hydrogens is 318 g/mol. The van der Waals surface area contributed by atoms with E-state index in [1.807, 2.05) is 43.1 Å². The van der Waals surface area contributed by atoms with Crippen molar-refractivity contribution in [3.63, 3.8) is 0 Å². The Balaban J connectivity index is 1.79. The highest BCUT2D eigenvalue weighted by atomic mass is 16.5. The minimum atomic E-state index is 0.0245. The molecule has 1 N–H and O–H groups in total. The maximum atomic E-state index is 12.5. The van der Waals surface area contributed by atoms with E-state index in [0.717, 1.165) is 37.2 Å². The fourth-order valence-electron chi connectivity index (χ4n) is 3.15. The number of carbonyl (C=O) groups is 2. The van der Waals surface area contributed by atoms with Crippen LogP contribution in [0.2, 0.25) is 0 Å². The topological polar surface area (TPSA) is 61.9 Å². The number of hydrogen-bond donors (Lipinski definition) is 1. The highest BCUT2D eigenvalue weighted by Gasteiger charge is 2.25. The molecule has 0 aliphatic carbocycles. The zero-order valence-corrected chi connectivity index (χ0v) is 15.5. The van der Waals surface area contributed by atoms with Gasteiger partial charge in [-0.05, 0) is 44.5 Å². The smallest absolute Gasteiger partial charge is 0.233 e. The number of nitrogens with one attached hydrogen (secondary N) is 1. The summed E-state index contributed by atoms with van der Waals surface area (Å²) in [5, 5.41) is 2.65. The number of hydrogen-bond acceptors (Lipinski definition) is 4. The van der Waals surface area contributed by atoms with E-state index in [-0.39, 0.29) is 11.8 Å². The zero-order chi connectivity index (χ0) is 18.2. The first-order valence-electron chi connectivity index (χ1n) is 8.93. The third-order valence-corrected chi connectivity index (χ3v) is 4.70. The van der Waals surface area contributed by atoms with Gasteiger partial charge in [0.25, 0.3) is 0 Å². The van der Waals surface area contributed by atoms with Crippen molar-refractivity contribution in [2.24, 2.45) is 0 Å². The highest BCUT2D eigenvalue weighted by molar-refractivity contribution is 5.79. The molecule has 0 unspecified atom stereocenters. The molecular formula is C19H29N3O3. The van der Waals surface area contributed by atoms with Crippen molar-refractivity contribution in [3.05, 3.63) is 29.8 Å². The Morgan fingerprint density at radius 3 is 2.44 bits per heavy atom. The lowest BCUT2D eigenvalue weighted by Crippen LogP contribution is -2.48. The quantitative estimate of drug-likeness (QED) is 0.808. The number of likely N-dealkylation sites (N-methyl/N-ethyl adjacent to an activating group) is 2. The van der Waals surface area contributed by atoms with E-state index < -0.39 is 0 Å². The lowest BCUT2D eigenvalue weighted by atomic mass is 10.0. The van der Waals surface area contributed by atoms with Gasteiger partial charge in [-0.3, -0.25) is 14.5 Å². The van der Waals surface area contributed by atoms with E-state index in [1.54, 1.807) is 7.05 Å². The first-order chi connectivity index (χ1) is 12.0. The van der Waals surface area contributed by atoms with E-state index in [2.05, 4.69) is 10.2 Å². The number of amides is 2. The summed E-state index contributed by atoms with van der Waals surface area (Å²) in [7, 11) is 3.62. The molecule has 6 heteroatoms. The van der Waals surface area contributed by atoms with Crippen molar-refractivity contribution in [3.8, 4) is 5.75 Å². The Hall–Kier alpha value is -2.08. The largest absolute Gasteiger partial charge is 0.494 e. The summed E-state index contributed by atoms with van der Waals surface area (Å²) in [6, 6.07) is 8.07. The first kappa shape index (κ1) is 19.2. The summed E-state index contributed by atoms with van der Waals surface area (Å²) in [4.78, 5) is 28.0. The predicted molar refractivity (Wildman–Crippen MR) is 97.6 cm³/mol. The molecule has 2 rings (SSSR count). The fourth-order valence-corrected chi connectivity index (χ4v) is 3.15. The Bertz CT molecular complexity index is 566. The Kier molecular flexibility index (Phi) is 7.25. The van der Waals surface area contributed by atoms with Crippen LogP contribution < -0.4 is 10.1 Å². The molecule has 1 aromatic rings. The van der Waals surface area contributed by atoms with E-state index in [4.69, 9.17) is 4.74 Å². The molecule has 1 aliphatic rings. The average Bonchev–Trinajstić information content (AvgIpc) is 2.63. The van der Waals surface area contributed by atoms with Crippen LogP contribution in [0, 0.1) is 0 Å². The summed E-state index contributed by atoms with van der Waals surface area (Å²) in [6.45, 7) is 4.49. The molecule has 2 amide bonds. The average molecular weight is 347 g/mol. The molecule has 0 aromatic heterocycles. The lowest BCUT2D eigenvalue weighted by Gasteiger charge is -2.36. The molecule has 1 aliphatic heterocycles. The number of carbonyl (C=O) groups excluding carboxylic acids is 2. The van der Waals surface area contributed by atoms with E-state index in [0.29, 0.717) is 25.6 Å². The predicted octanol–water partition coefficient (Wildman–Crippen LogP) is 1.30.